The third-order valence-electron chi connectivity index (χ3n) is 4.38. The number of nitrogens with zero attached hydrogens (tertiary/aromatic N) is 1. The van der Waals surface area contributed by atoms with Crippen molar-refractivity contribution in [2.24, 2.45) is 0 Å². The minimum absolute atomic E-state index is 0.169. The van der Waals surface area contributed by atoms with E-state index in [4.69, 9.17) is 37.4 Å². The number of rotatable bonds is 8. The highest BCUT2D eigenvalue weighted by atomic mass is 127. The van der Waals surface area contributed by atoms with E-state index < -0.39 is 23.7 Å². The minimum atomic E-state index is -0.638. The molecule has 0 atom stereocenters. The zero-order chi connectivity index (χ0) is 24.1. The van der Waals surface area contributed by atoms with Crippen LogP contribution in [0, 0.1) is 3.57 Å². The number of methoxy groups -OCH3 is 1. The van der Waals surface area contributed by atoms with Crippen molar-refractivity contribution in [3.63, 3.8) is 0 Å². The molecule has 0 unspecified atom stereocenters. The Bertz CT molecular complexity index is 1140. The smallest absolute Gasteiger partial charge is 0.326 e. The summed E-state index contributed by atoms with van der Waals surface area (Å²) in [6.45, 7) is 1.65. The minimum Gasteiger partial charge on any atom is -0.493 e. The van der Waals surface area contributed by atoms with E-state index in [1.165, 1.54) is 7.11 Å². The van der Waals surface area contributed by atoms with Crippen LogP contribution in [0.5, 0.6) is 11.5 Å². The number of amides is 2. The number of ether oxygens (including phenoxy) is 3. The van der Waals surface area contributed by atoms with Crippen molar-refractivity contribution >= 4 is 80.7 Å². The highest BCUT2D eigenvalue weighted by Crippen LogP contribution is 2.38. The number of benzene rings is 2. The van der Waals surface area contributed by atoms with Crippen molar-refractivity contribution in [3.8, 4) is 11.5 Å². The van der Waals surface area contributed by atoms with Crippen LogP contribution in [0.15, 0.2) is 35.2 Å². The molecule has 2 amide bonds. The van der Waals surface area contributed by atoms with Crippen molar-refractivity contribution < 1.29 is 28.6 Å². The van der Waals surface area contributed by atoms with Crippen LogP contribution in [-0.2, 0) is 20.9 Å². The molecule has 1 saturated heterocycles. The number of hydrogen-bond donors (Lipinski definition) is 0. The van der Waals surface area contributed by atoms with Gasteiger partial charge in [0.15, 0.2) is 11.5 Å². The quantitative estimate of drug-likeness (QED) is 0.210. The Labute approximate surface area is 218 Å². The van der Waals surface area contributed by atoms with Gasteiger partial charge < -0.3 is 14.2 Å². The Morgan fingerprint density at radius 3 is 2.61 bits per heavy atom. The summed E-state index contributed by atoms with van der Waals surface area (Å²) in [4.78, 5) is 37.5. The van der Waals surface area contributed by atoms with Crippen LogP contribution in [0.3, 0.4) is 0 Å². The first-order chi connectivity index (χ1) is 15.7. The SMILES string of the molecule is CCOC(=O)CN1C(=O)S/C(=C\c2cc(I)c(OCc3ccc(Cl)c(Cl)c3)c(OC)c2)C1=O. The molecule has 2 aromatic carbocycles. The molecule has 11 heteroatoms. The van der Waals surface area contributed by atoms with Gasteiger partial charge in [0.05, 0.1) is 32.2 Å². The Kier molecular flexibility index (Phi) is 8.91. The van der Waals surface area contributed by atoms with Crippen LogP contribution in [0.4, 0.5) is 4.79 Å². The molecule has 1 aliphatic rings. The number of carbonyl (C=O) groups excluding carboxylic acids is 3. The van der Waals surface area contributed by atoms with Crippen LogP contribution in [0.2, 0.25) is 10.0 Å². The molecule has 2 aromatic rings. The highest BCUT2D eigenvalue weighted by Gasteiger charge is 2.36. The lowest BCUT2D eigenvalue weighted by atomic mass is 10.1. The van der Waals surface area contributed by atoms with Crippen LogP contribution in [0.1, 0.15) is 18.1 Å². The van der Waals surface area contributed by atoms with Gasteiger partial charge in [-0.25, -0.2) is 0 Å². The topological polar surface area (TPSA) is 82.1 Å². The Morgan fingerprint density at radius 2 is 1.94 bits per heavy atom. The molecule has 1 aliphatic heterocycles. The molecule has 33 heavy (non-hydrogen) atoms. The van der Waals surface area contributed by atoms with Crippen LogP contribution < -0.4 is 9.47 Å². The fourth-order valence-electron chi connectivity index (χ4n) is 2.87. The van der Waals surface area contributed by atoms with Crippen LogP contribution >= 0.6 is 57.6 Å². The van der Waals surface area contributed by atoms with Crippen LogP contribution in [0.25, 0.3) is 6.08 Å². The van der Waals surface area contributed by atoms with Gasteiger partial charge in [0.1, 0.15) is 13.2 Å². The summed E-state index contributed by atoms with van der Waals surface area (Å²) in [6, 6.07) is 8.74. The number of carbonyl (C=O) groups is 3. The number of esters is 1. The standard InChI is InChI=1S/C22H18Cl2INO6S/c1-3-31-19(27)10-26-21(28)18(33-22(26)29)9-13-7-16(25)20(17(8-13)30-2)32-11-12-4-5-14(23)15(24)6-12/h4-9H,3,10-11H2,1-2H3/b18-9-. The van der Waals surface area contributed by atoms with E-state index in [9.17, 15) is 14.4 Å². The normalized spacial score (nSPS) is 14.7. The van der Waals surface area contributed by atoms with Crippen LogP contribution in [-0.4, -0.2) is 42.3 Å². The molecule has 0 spiro atoms. The Hall–Kier alpha value is -1.95. The van der Waals surface area contributed by atoms with E-state index in [0.29, 0.717) is 27.1 Å². The lowest BCUT2D eigenvalue weighted by Crippen LogP contribution is -2.34. The lowest BCUT2D eigenvalue weighted by molar-refractivity contribution is -0.145. The molecule has 0 radical (unpaired) electrons. The van der Waals surface area contributed by atoms with Crippen molar-refractivity contribution in [1.29, 1.82) is 0 Å². The predicted octanol–water partition coefficient (Wildman–Crippen LogP) is 5.79. The molecular weight excluding hydrogens is 604 g/mol. The largest absolute Gasteiger partial charge is 0.493 e. The third kappa shape index (κ3) is 6.34. The molecule has 174 valence electrons. The zero-order valence-electron chi connectivity index (χ0n) is 17.5. The van der Waals surface area contributed by atoms with E-state index >= 15 is 0 Å². The van der Waals surface area contributed by atoms with E-state index in [0.717, 1.165) is 25.8 Å². The third-order valence-corrected chi connectivity index (χ3v) is 6.83. The molecule has 7 nitrogen and oxygen atoms in total. The second-order valence-electron chi connectivity index (χ2n) is 6.64. The fourth-order valence-corrected chi connectivity index (χ4v) is 4.81. The summed E-state index contributed by atoms with van der Waals surface area (Å²) in [5.41, 5.74) is 1.47. The first-order valence-corrected chi connectivity index (χ1v) is 12.2. The number of thioether (sulfide) groups is 1. The first kappa shape index (κ1) is 25.7. The van der Waals surface area contributed by atoms with Gasteiger partial charge in [-0.3, -0.25) is 19.3 Å². The maximum Gasteiger partial charge on any atom is 0.326 e. The summed E-state index contributed by atoms with van der Waals surface area (Å²) in [5, 5.41) is 0.373. The van der Waals surface area contributed by atoms with Gasteiger partial charge in [-0.15, -0.1) is 0 Å². The summed E-state index contributed by atoms with van der Waals surface area (Å²) in [5.74, 6) is -0.205. The van der Waals surface area contributed by atoms with Gasteiger partial charge in [-0.05, 0) is 82.7 Å². The average Bonchev–Trinajstić information content (AvgIpc) is 3.02. The number of halogens is 3. The summed E-state index contributed by atoms with van der Waals surface area (Å²) in [7, 11) is 1.51. The maximum atomic E-state index is 12.6. The monoisotopic (exact) mass is 621 g/mol. The number of hydrogen-bond acceptors (Lipinski definition) is 7. The summed E-state index contributed by atoms with van der Waals surface area (Å²) in [6.07, 6.45) is 1.57. The fraction of sp³-hybridized carbons (Fsp3) is 0.227. The van der Waals surface area contributed by atoms with Gasteiger partial charge in [0.25, 0.3) is 11.1 Å². The van der Waals surface area contributed by atoms with E-state index in [2.05, 4.69) is 22.6 Å². The van der Waals surface area contributed by atoms with E-state index in [1.54, 1.807) is 37.3 Å². The van der Waals surface area contributed by atoms with Crippen molar-refractivity contribution in [2.45, 2.75) is 13.5 Å². The molecule has 0 bridgehead atoms. The molecule has 0 aliphatic carbocycles. The van der Waals surface area contributed by atoms with Crippen molar-refractivity contribution in [1.82, 2.24) is 4.90 Å². The van der Waals surface area contributed by atoms with Gasteiger partial charge in [-0.2, -0.15) is 0 Å². The van der Waals surface area contributed by atoms with Gasteiger partial charge >= 0.3 is 5.97 Å². The number of imide groups is 1. The van der Waals surface area contributed by atoms with Crippen molar-refractivity contribution in [3.05, 3.63) is 60.0 Å². The molecular formula is C22H18Cl2INO6S. The Balaban J connectivity index is 1.79. The second kappa shape index (κ2) is 11.5. The summed E-state index contributed by atoms with van der Waals surface area (Å²) < 4.78 is 17.0. The van der Waals surface area contributed by atoms with Gasteiger partial charge in [0, 0.05) is 0 Å². The predicted molar refractivity (Wildman–Crippen MR) is 136 cm³/mol. The highest BCUT2D eigenvalue weighted by molar-refractivity contribution is 14.1. The molecule has 0 N–H and O–H groups in total. The van der Waals surface area contributed by atoms with Gasteiger partial charge in [0.2, 0.25) is 0 Å². The Morgan fingerprint density at radius 1 is 1.18 bits per heavy atom. The average molecular weight is 622 g/mol. The molecule has 1 heterocycles. The first-order valence-electron chi connectivity index (χ1n) is 9.58. The van der Waals surface area contributed by atoms with E-state index in [-0.39, 0.29) is 18.1 Å². The molecule has 0 saturated carbocycles. The zero-order valence-corrected chi connectivity index (χ0v) is 22.0. The summed E-state index contributed by atoms with van der Waals surface area (Å²) >= 11 is 14.9. The second-order valence-corrected chi connectivity index (χ2v) is 9.61. The maximum absolute atomic E-state index is 12.6. The van der Waals surface area contributed by atoms with Gasteiger partial charge in [-0.1, -0.05) is 29.3 Å². The van der Waals surface area contributed by atoms with Crippen molar-refractivity contribution in [2.75, 3.05) is 20.3 Å². The molecule has 1 fully saturated rings. The lowest BCUT2D eigenvalue weighted by Gasteiger charge is -2.14. The van der Waals surface area contributed by atoms with E-state index in [1.807, 2.05) is 6.07 Å². The molecule has 0 aromatic heterocycles. The molecule has 3 rings (SSSR count).